The van der Waals surface area contributed by atoms with Crippen molar-refractivity contribution in [3.63, 3.8) is 0 Å². The SMILES string of the molecule is CC(C)(C)c1cc2c(c(C(C)(C)C)c1)OCN2c1ccccc1. The van der Waals surface area contributed by atoms with Gasteiger partial charge in [0, 0.05) is 11.3 Å². The van der Waals surface area contributed by atoms with E-state index >= 15 is 0 Å². The molecule has 2 nitrogen and oxygen atoms in total. The molecule has 0 unspecified atom stereocenters. The third kappa shape index (κ3) is 2.95. The molecule has 0 saturated carbocycles. The minimum Gasteiger partial charge on any atom is -0.470 e. The van der Waals surface area contributed by atoms with Gasteiger partial charge in [-0.1, -0.05) is 65.8 Å². The van der Waals surface area contributed by atoms with Gasteiger partial charge in [0.05, 0.1) is 5.69 Å². The van der Waals surface area contributed by atoms with Crippen LogP contribution in [0.4, 0.5) is 11.4 Å². The molecule has 0 atom stereocenters. The lowest BCUT2D eigenvalue weighted by Crippen LogP contribution is -2.17. The van der Waals surface area contributed by atoms with Crippen LogP contribution in [0.3, 0.4) is 0 Å². The maximum absolute atomic E-state index is 6.12. The van der Waals surface area contributed by atoms with Crippen molar-refractivity contribution in [1.29, 1.82) is 0 Å². The van der Waals surface area contributed by atoms with E-state index in [1.54, 1.807) is 0 Å². The average molecular weight is 309 g/mol. The Balaban J connectivity index is 2.20. The first-order valence-corrected chi connectivity index (χ1v) is 8.32. The summed E-state index contributed by atoms with van der Waals surface area (Å²) in [5.41, 5.74) is 5.18. The number of ether oxygens (including phenoxy) is 1. The fraction of sp³-hybridized carbons (Fsp3) is 0.429. The van der Waals surface area contributed by atoms with Crippen LogP contribution in [0, 0.1) is 0 Å². The van der Waals surface area contributed by atoms with Gasteiger partial charge in [-0.15, -0.1) is 0 Å². The Morgan fingerprint density at radius 1 is 0.870 bits per heavy atom. The highest BCUT2D eigenvalue weighted by Gasteiger charge is 2.32. The molecule has 1 heterocycles. The Hall–Kier alpha value is -1.96. The summed E-state index contributed by atoms with van der Waals surface area (Å²) < 4.78 is 6.12. The summed E-state index contributed by atoms with van der Waals surface area (Å²) in [6.07, 6.45) is 0. The minimum absolute atomic E-state index is 0.0536. The summed E-state index contributed by atoms with van der Waals surface area (Å²) in [7, 11) is 0. The Morgan fingerprint density at radius 3 is 2.09 bits per heavy atom. The predicted molar refractivity (Wildman–Crippen MR) is 97.9 cm³/mol. The number of hydrogen-bond acceptors (Lipinski definition) is 2. The molecule has 0 aliphatic carbocycles. The first-order valence-electron chi connectivity index (χ1n) is 8.32. The van der Waals surface area contributed by atoms with E-state index in [0.717, 1.165) is 5.75 Å². The lowest BCUT2D eigenvalue weighted by Gasteiger charge is -2.27. The van der Waals surface area contributed by atoms with E-state index in [-0.39, 0.29) is 10.8 Å². The molecule has 1 aliphatic heterocycles. The van der Waals surface area contributed by atoms with Crippen molar-refractivity contribution in [2.45, 2.75) is 52.4 Å². The molecule has 0 aromatic heterocycles. The number of rotatable bonds is 1. The molecule has 1 aliphatic rings. The third-order valence-electron chi connectivity index (χ3n) is 4.44. The van der Waals surface area contributed by atoms with Gasteiger partial charge in [0.15, 0.2) is 6.73 Å². The lowest BCUT2D eigenvalue weighted by atomic mass is 9.79. The third-order valence-corrected chi connectivity index (χ3v) is 4.44. The first kappa shape index (κ1) is 15.9. The second-order valence-electron chi connectivity index (χ2n) is 8.41. The fourth-order valence-electron chi connectivity index (χ4n) is 2.98. The summed E-state index contributed by atoms with van der Waals surface area (Å²) >= 11 is 0. The van der Waals surface area contributed by atoms with Crippen LogP contribution in [-0.2, 0) is 10.8 Å². The van der Waals surface area contributed by atoms with Crippen LogP contribution in [0.15, 0.2) is 42.5 Å². The van der Waals surface area contributed by atoms with Crippen LogP contribution in [0.25, 0.3) is 0 Å². The summed E-state index contributed by atoms with van der Waals surface area (Å²) in [6, 6.07) is 15.1. The summed E-state index contributed by atoms with van der Waals surface area (Å²) in [5.74, 6) is 1.04. The zero-order valence-electron chi connectivity index (χ0n) is 15.1. The molecule has 3 rings (SSSR count). The van der Waals surface area contributed by atoms with E-state index in [0.29, 0.717) is 6.73 Å². The zero-order chi connectivity index (χ0) is 16.8. The van der Waals surface area contributed by atoms with Crippen LogP contribution in [0.1, 0.15) is 52.7 Å². The molecule has 2 heteroatoms. The number of hydrogen-bond donors (Lipinski definition) is 0. The Bertz CT molecular complexity index is 705. The lowest BCUT2D eigenvalue weighted by molar-refractivity contribution is 0.347. The van der Waals surface area contributed by atoms with E-state index < -0.39 is 0 Å². The van der Waals surface area contributed by atoms with Crippen molar-refractivity contribution in [2.75, 3.05) is 11.6 Å². The number of nitrogens with zero attached hydrogens (tertiary/aromatic N) is 1. The Labute approximate surface area is 140 Å². The van der Waals surface area contributed by atoms with Crippen molar-refractivity contribution in [1.82, 2.24) is 0 Å². The van der Waals surface area contributed by atoms with Crippen LogP contribution >= 0.6 is 0 Å². The van der Waals surface area contributed by atoms with Crippen LogP contribution in [0.5, 0.6) is 5.75 Å². The topological polar surface area (TPSA) is 12.5 Å². The maximum Gasteiger partial charge on any atom is 0.165 e. The number of fused-ring (bicyclic) bond motifs is 1. The quantitative estimate of drug-likeness (QED) is 0.663. The predicted octanol–water partition coefficient (Wildman–Crippen LogP) is 5.77. The number of para-hydroxylation sites is 1. The molecule has 0 bridgehead atoms. The highest BCUT2D eigenvalue weighted by Crippen LogP contribution is 2.47. The Kier molecular flexibility index (Phi) is 3.66. The average Bonchev–Trinajstić information content (AvgIpc) is 2.89. The van der Waals surface area contributed by atoms with Crippen LogP contribution in [-0.4, -0.2) is 6.73 Å². The molecular formula is C21H27NO. The zero-order valence-corrected chi connectivity index (χ0v) is 15.1. The van der Waals surface area contributed by atoms with Gasteiger partial charge in [0.1, 0.15) is 5.75 Å². The van der Waals surface area contributed by atoms with Gasteiger partial charge in [-0.3, -0.25) is 0 Å². The van der Waals surface area contributed by atoms with Crippen LogP contribution < -0.4 is 9.64 Å². The highest BCUT2D eigenvalue weighted by molar-refractivity contribution is 5.75. The fourth-order valence-corrected chi connectivity index (χ4v) is 2.98. The summed E-state index contributed by atoms with van der Waals surface area (Å²) in [4.78, 5) is 2.26. The standard InChI is InChI=1S/C21H27NO/c1-20(2,3)15-12-17(21(4,5)6)19-18(13-15)22(14-23-19)16-10-8-7-9-11-16/h7-13H,14H2,1-6H3. The van der Waals surface area contributed by atoms with E-state index in [4.69, 9.17) is 4.74 Å². The molecular weight excluding hydrogens is 282 g/mol. The molecule has 0 radical (unpaired) electrons. The van der Waals surface area contributed by atoms with Crippen molar-refractivity contribution in [3.8, 4) is 5.75 Å². The molecule has 0 saturated heterocycles. The molecule has 23 heavy (non-hydrogen) atoms. The van der Waals surface area contributed by atoms with Gasteiger partial charge < -0.3 is 9.64 Å². The van der Waals surface area contributed by atoms with Gasteiger partial charge >= 0.3 is 0 Å². The molecule has 0 fully saturated rings. The normalized spacial score (nSPS) is 14.6. The largest absolute Gasteiger partial charge is 0.470 e. The van der Waals surface area contributed by atoms with E-state index in [2.05, 4.69) is 82.8 Å². The first-order chi connectivity index (χ1) is 10.7. The molecule has 2 aromatic rings. The second-order valence-corrected chi connectivity index (χ2v) is 8.41. The monoisotopic (exact) mass is 309 g/mol. The molecule has 0 N–H and O–H groups in total. The van der Waals surface area contributed by atoms with Crippen molar-refractivity contribution in [2.24, 2.45) is 0 Å². The Morgan fingerprint density at radius 2 is 1.52 bits per heavy atom. The number of benzene rings is 2. The highest BCUT2D eigenvalue weighted by atomic mass is 16.5. The molecule has 0 amide bonds. The smallest absolute Gasteiger partial charge is 0.165 e. The van der Waals surface area contributed by atoms with Crippen molar-refractivity contribution in [3.05, 3.63) is 53.6 Å². The molecule has 0 spiro atoms. The van der Waals surface area contributed by atoms with Gasteiger partial charge in [0.2, 0.25) is 0 Å². The van der Waals surface area contributed by atoms with E-state index in [9.17, 15) is 0 Å². The van der Waals surface area contributed by atoms with Gasteiger partial charge in [-0.25, -0.2) is 0 Å². The maximum atomic E-state index is 6.12. The van der Waals surface area contributed by atoms with Gasteiger partial charge in [0.25, 0.3) is 0 Å². The van der Waals surface area contributed by atoms with Gasteiger partial charge in [-0.05, 0) is 34.6 Å². The second kappa shape index (κ2) is 5.30. The van der Waals surface area contributed by atoms with E-state index in [1.165, 1.54) is 22.5 Å². The van der Waals surface area contributed by atoms with Crippen LogP contribution in [0.2, 0.25) is 0 Å². The van der Waals surface area contributed by atoms with Crippen molar-refractivity contribution < 1.29 is 4.74 Å². The van der Waals surface area contributed by atoms with Gasteiger partial charge in [-0.2, -0.15) is 0 Å². The summed E-state index contributed by atoms with van der Waals surface area (Å²) in [6.45, 7) is 14.1. The summed E-state index contributed by atoms with van der Waals surface area (Å²) in [5, 5.41) is 0. The molecule has 2 aromatic carbocycles. The minimum atomic E-state index is 0.0536. The number of anilines is 2. The van der Waals surface area contributed by atoms with E-state index in [1.807, 2.05) is 6.07 Å². The van der Waals surface area contributed by atoms with Crippen molar-refractivity contribution >= 4 is 11.4 Å². The molecule has 122 valence electrons.